The van der Waals surface area contributed by atoms with E-state index >= 15 is 0 Å². The lowest BCUT2D eigenvalue weighted by Crippen LogP contribution is -2.52. The standard InChI is InChI=1S/C27H38N4O5/c1-18(2)31-22-9-7-6-8-21(22)28-24(31)23(32)15-19-14-20(25(33)29-10-12-35-13-11-29)17-30(16-19)26(34)36-27(3,4)5/h6-9,18-20H,10-17H2,1-5H3/t19-,20-/m1/s1. The third kappa shape index (κ3) is 5.88. The second-order valence-electron chi connectivity index (χ2n) is 11.1. The molecule has 2 atom stereocenters. The van der Waals surface area contributed by atoms with Gasteiger partial charge in [0.15, 0.2) is 11.6 Å². The number of hydrogen-bond acceptors (Lipinski definition) is 6. The fourth-order valence-corrected chi connectivity index (χ4v) is 5.17. The van der Waals surface area contributed by atoms with Crippen LogP contribution in [0.1, 0.15) is 64.1 Å². The molecule has 2 fully saturated rings. The molecule has 2 amide bonds. The van der Waals surface area contributed by atoms with Crippen molar-refractivity contribution < 1.29 is 23.9 Å². The van der Waals surface area contributed by atoms with Gasteiger partial charge in [0.2, 0.25) is 5.91 Å². The Bertz CT molecular complexity index is 1110. The largest absolute Gasteiger partial charge is 0.444 e. The second-order valence-corrected chi connectivity index (χ2v) is 11.1. The van der Waals surface area contributed by atoms with Crippen LogP contribution in [0, 0.1) is 11.8 Å². The molecule has 0 N–H and O–H groups in total. The third-order valence-electron chi connectivity index (χ3n) is 6.70. The van der Waals surface area contributed by atoms with Gasteiger partial charge in [-0.25, -0.2) is 9.78 Å². The van der Waals surface area contributed by atoms with Crippen LogP contribution in [0.5, 0.6) is 0 Å². The number of carbonyl (C=O) groups excluding carboxylic acids is 3. The Morgan fingerprint density at radius 3 is 2.44 bits per heavy atom. The van der Waals surface area contributed by atoms with Gasteiger partial charge in [-0.05, 0) is 59.1 Å². The Morgan fingerprint density at radius 2 is 1.78 bits per heavy atom. The number of aromatic nitrogens is 2. The summed E-state index contributed by atoms with van der Waals surface area (Å²) in [5.41, 5.74) is 1.07. The summed E-state index contributed by atoms with van der Waals surface area (Å²) in [6.07, 6.45) is 0.305. The number of ether oxygens (including phenoxy) is 2. The van der Waals surface area contributed by atoms with Crippen molar-refractivity contribution in [2.75, 3.05) is 39.4 Å². The number of carbonyl (C=O) groups is 3. The monoisotopic (exact) mass is 498 g/mol. The highest BCUT2D eigenvalue weighted by Crippen LogP contribution is 2.30. The van der Waals surface area contributed by atoms with Crippen LogP contribution in [-0.4, -0.2) is 82.1 Å². The van der Waals surface area contributed by atoms with E-state index in [0.29, 0.717) is 51.6 Å². The maximum atomic E-state index is 13.6. The average Bonchev–Trinajstić information content (AvgIpc) is 3.23. The summed E-state index contributed by atoms with van der Waals surface area (Å²) in [7, 11) is 0. The van der Waals surface area contributed by atoms with Crippen molar-refractivity contribution in [3.63, 3.8) is 0 Å². The topological polar surface area (TPSA) is 94.0 Å². The van der Waals surface area contributed by atoms with Gasteiger partial charge in [0.25, 0.3) is 0 Å². The molecule has 36 heavy (non-hydrogen) atoms. The first-order chi connectivity index (χ1) is 17.0. The fraction of sp³-hybridized carbons (Fsp3) is 0.630. The smallest absolute Gasteiger partial charge is 0.410 e. The van der Waals surface area contributed by atoms with Crippen LogP contribution < -0.4 is 0 Å². The van der Waals surface area contributed by atoms with E-state index in [2.05, 4.69) is 4.98 Å². The lowest BCUT2D eigenvalue weighted by Gasteiger charge is -2.40. The van der Waals surface area contributed by atoms with E-state index < -0.39 is 11.7 Å². The molecule has 2 saturated heterocycles. The van der Waals surface area contributed by atoms with Crippen molar-refractivity contribution in [1.29, 1.82) is 0 Å². The third-order valence-corrected chi connectivity index (χ3v) is 6.70. The quantitative estimate of drug-likeness (QED) is 0.580. The maximum absolute atomic E-state index is 13.6. The van der Waals surface area contributed by atoms with Crippen molar-refractivity contribution in [1.82, 2.24) is 19.4 Å². The van der Waals surface area contributed by atoms with Crippen molar-refractivity contribution in [3.8, 4) is 0 Å². The number of piperidine rings is 1. The molecule has 0 unspecified atom stereocenters. The molecule has 1 aromatic heterocycles. The number of likely N-dealkylation sites (tertiary alicyclic amines) is 1. The zero-order valence-corrected chi connectivity index (χ0v) is 22.0. The van der Waals surface area contributed by atoms with Crippen LogP contribution in [-0.2, 0) is 14.3 Å². The summed E-state index contributed by atoms with van der Waals surface area (Å²) in [6.45, 7) is 12.3. The SMILES string of the molecule is CC(C)n1c(C(=O)C[C@H]2C[C@@H](C(=O)N3CCOCC3)CN(C(=O)OC(C)(C)C)C2)nc2ccccc21. The molecule has 2 aliphatic heterocycles. The number of amides is 2. The fourth-order valence-electron chi connectivity index (χ4n) is 5.17. The predicted molar refractivity (Wildman–Crippen MR) is 136 cm³/mol. The summed E-state index contributed by atoms with van der Waals surface area (Å²) in [4.78, 5) is 48.0. The molecule has 196 valence electrons. The van der Waals surface area contributed by atoms with Gasteiger partial charge < -0.3 is 23.8 Å². The van der Waals surface area contributed by atoms with Crippen LogP contribution in [0.3, 0.4) is 0 Å². The number of ketones is 1. The number of nitrogens with zero attached hydrogens (tertiary/aromatic N) is 4. The first-order valence-electron chi connectivity index (χ1n) is 12.9. The van der Waals surface area contributed by atoms with E-state index in [1.54, 1.807) is 4.90 Å². The number of fused-ring (bicyclic) bond motifs is 1. The molecule has 0 bridgehead atoms. The molecule has 0 aliphatic carbocycles. The number of rotatable bonds is 5. The van der Waals surface area contributed by atoms with Gasteiger partial charge in [-0.1, -0.05) is 12.1 Å². The van der Waals surface area contributed by atoms with E-state index in [9.17, 15) is 14.4 Å². The predicted octanol–water partition coefficient (Wildman–Crippen LogP) is 3.92. The normalized spacial score (nSPS) is 21.2. The van der Waals surface area contributed by atoms with Crippen LogP contribution in [0.2, 0.25) is 0 Å². The highest BCUT2D eigenvalue weighted by atomic mass is 16.6. The molecule has 9 heteroatoms. The molecule has 0 radical (unpaired) electrons. The molecule has 4 rings (SSSR count). The number of benzene rings is 1. The van der Waals surface area contributed by atoms with Gasteiger partial charge in [-0.15, -0.1) is 0 Å². The summed E-state index contributed by atoms with van der Waals surface area (Å²) in [5, 5.41) is 0. The summed E-state index contributed by atoms with van der Waals surface area (Å²) in [5.74, 6) is -0.191. The first-order valence-corrected chi connectivity index (χ1v) is 12.9. The summed E-state index contributed by atoms with van der Waals surface area (Å²) >= 11 is 0. The molecular formula is C27H38N4O5. The van der Waals surface area contributed by atoms with Crippen LogP contribution in [0.4, 0.5) is 4.79 Å². The van der Waals surface area contributed by atoms with Gasteiger partial charge in [-0.2, -0.15) is 0 Å². The number of Topliss-reactive ketones (excluding diaryl/α,β-unsaturated/α-hetero) is 1. The van der Waals surface area contributed by atoms with Crippen LogP contribution in [0.15, 0.2) is 24.3 Å². The molecule has 9 nitrogen and oxygen atoms in total. The summed E-state index contributed by atoms with van der Waals surface area (Å²) in [6, 6.07) is 7.81. The maximum Gasteiger partial charge on any atom is 0.410 e. The Balaban J connectivity index is 1.56. The highest BCUT2D eigenvalue weighted by Gasteiger charge is 2.38. The molecular weight excluding hydrogens is 460 g/mol. The molecule has 2 aromatic rings. The minimum atomic E-state index is -0.647. The lowest BCUT2D eigenvalue weighted by atomic mass is 9.85. The van der Waals surface area contributed by atoms with E-state index in [1.165, 1.54) is 0 Å². The number of imidazole rings is 1. The van der Waals surface area contributed by atoms with E-state index in [4.69, 9.17) is 9.47 Å². The molecule has 0 saturated carbocycles. The average molecular weight is 499 g/mol. The van der Waals surface area contributed by atoms with Crippen LogP contribution in [0.25, 0.3) is 11.0 Å². The number of para-hydroxylation sites is 2. The highest BCUT2D eigenvalue weighted by molar-refractivity contribution is 5.96. The zero-order chi connectivity index (χ0) is 26.0. The Kier molecular flexibility index (Phi) is 7.68. The second kappa shape index (κ2) is 10.6. The van der Waals surface area contributed by atoms with Gasteiger partial charge >= 0.3 is 6.09 Å². The van der Waals surface area contributed by atoms with Crippen molar-refractivity contribution in [2.45, 2.75) is 59.1 Å². The Labute approximate surface area is 212 Å². The van der Waals surface area contributed by atoms with Gasteiger partial charge in [0.05, 0.1) is 30.2 Å². The van der Waals surface area contributed by atoms with E-state index in [-0.39, 0.29) is 36.0 Å². The Hall–Kier alpha value is -2.94. The van der Waals surface area contributed by atoms with Crippen molar-refractivity contribution in [3.05, 3.63) is 30.1 Å². The number of hydrogen-bond donors (Lipinski definition) is 0. The van der Waals surface area contributed by atoms with Crippen LogP contribution >= 0.6 is 0 Å². The van der Waals surface area contributed by atoms with Gasteiger partial charge in [-0.3, -0.25) is 9.59 Å². The minimum absolute atomic E-state index is 0.0124. The van der Waals surface area contributed by atoms with Gasteiger partial charge in [0, 0.05) is 38.6 Å². The van der Waals surface area contributed by atoms with Crippen molar-refractivity contribution >= 4 is 28.8 Å². The zero-order valence-electron chi connectivity index (χ0n) is 22.0. The first kappa shape index (κ1) is 26.1. The molecule has 0 spiro atoms. The summed E-state index contributed by atoms with van der Waals surface area (Å²) < 4.78 is 13.0. The van der Waals surface area contributed by atoms with Gasteiger partial charge in [0.1, 0.15) is 5.60 Å². The van der Waals surface area contributed by atoms with Crippen molar-refractivity contribution in [2.24, 2.45) is 11.8 Å². The van der Waals surface area contributed by atoms with E-state index in [1.807, 2.05) is 68.4 Å². The van der Waals surface area contributed by atoms with E-state index in [0.717, 1.165) is 11.0 Å². The minimum Gasteiger partial charge on any atom is -0.444 e. The number of morpholine rings is 1. The lowest BCUT2D eigenvalue weighted by molar-refractivity contribution is -0.142. The molecule has 1 aromatic carbocycles. The molecule has 2 aliphatic rings. The molecule has 3 heterocycles. The Morgan fingerprint density at radius 1 is 1.08 bits per heavy atom.